The summed E-state index contributed by atoms with van der Waals surface area (Å²) in [5.74, 6) is 1.13. The van der Waals surface area contributed by atoms with Crippen molar-refractivity contribution in [3.05, 3.63) is 51.0 Å². The van der Waals surface area contributed by atoms with Gasteiger partial charge in [0, 0.05) is 16.7 Å². The van der Waals surface area contributed by atoms with Gasteiger partial charge in [0.15, 0.2) is 0 Å². The highest BCUT2D eigenvalue weighted by Gasteiger charge is 2.07. The molecule has 1 aromatic carbocycles. The van der Waals surface area contributed by atoms with E-state index in [1.54, 1.807) is 25.3 Å². The van der Waals surface area contributed by atoms with Gasteiger partial charge >= 0.3 is 0 Å². The van der Waals surface area contributed by atoms with Gasteiger partial charge in [0.2, 0.25) is 5.88 Å². The summed E-state index contributed by atoms with van der Waals surface area (Å²) in [5.41, 5.74) is 0.772. The zero-order valence-corrected chi connectivity index (χ0v) is 12.8. The van der Waals surface area contributed by atoms with E-state index in [4.69, 9.17) is 4.74 Å². The molecule has 94 valence electrons. The summed E-state index contributed by atoms with van der Waals surface area (Å²) in [6.45, 7) is 1.70. The average molecular weight is 373 g/mol. The average Bonchev–Trinajstić information content (AvgIpc) is 2.33. The van der Waals surface area contributed by atoms with Gasteiger partial charge in [-0.3, -0.25) is 0 Å². The first-order valence-electron chi connectivity index (χ1n) is 5.33. The van der Waals surface area contributed by atoms with Gasteiger partial charge in [-0.1, -0.05) is 15.9 Å². The normalized spacial score (nSPS) is 12.2. The van der Waals surface area contributed by atoms with Crippen molar-refractivity contribution in [2.75, 3.05) is 0 Å². The maximum Gasteiger partial charge on any atom is 0.219 e. The van der Waals surface area contributed by atoms with Gasteiger partial charge in [-0.05, 0) is 52.7 Å². The van der Waals surface area contributed by atoms with Crippen LogP contribution in [0.2, 0.25) is 0 Å². The molecule has 2 rings (SSSR count). The Morgan fingerprint density at radius 1 is 1.22 bits per heavy atom. The third kappa shape index (κ3) is 3.31. The van der Waals surface area contributed by atoms with E-state index < -0.39 is 6.10 Å². The molecule has 0 saturated heterocycles. The number of halogens is 2. The molecular formula is C13H11Br2NO2. The first-order chi connectivity index (χ1) is 8.56. The lowest BCUT2D eigenvalue weighted by Gasteiger charge is -2.09. The Morgan fingerprint density at radius 3 is 2.67 bits per heavy atom. The highest BCUT2D eigenvalue weighted by atomic mass is 79.9. The molecule has 0 aliphatic rings. The van der Waals surface area contributed by atoms with Crippen LogP contribution in [-0.4, -0.2) is 10.1 Å². The van der Waals surface area contributed by atoms with Gasteiger partial charge in [0.1, 0.15) is 5.75 Å². The standard InChI is InChI=1S/C13H11Br2NO2/c1-8(17)9-4-5-16-13(6-9)18-12-3-2-10(14)7-11(12)15/h2-8,17H,1H3. The SMILES string of the molecule is CC(O)c1ccnc(Oc2ccc(Br)cc2Br)c1. The van der Waals surface area contributed by atoms with Crippen LogP contribution < -0.4 is 4.74 Å². The third-order valence-electron chi connectivity index (χ3n) is 2.35. The molecule has 1 unspecified atom stereocenters. The number of aliphatic hydroxyl groups excluding tert-OH is 1. The van der Waals surface area contributed by atoms with Gasteiger partial charge in [-0.2, -0.15) is 0 Å². The number of rotatable bonds is 3. The van der Waals surface area contributed by atoms with E-state index in [9.17, 15) is 5.11 Å². The number of benzene rings is 1. The Balaban J connectivity index is 2.25. The highest BCUT2D eigenvalue weighted by Crippen LogP contribution is 2.31. The molecule has 1 heterocycles. The molecule has 1 atom stereocenters. The van der Waals surface area contributed by atoms with Crippen LogP contribution in [-0.2, 0) is 0 Å². The number of aliphatic hydroxyl groups is 1. The summed E-state index contributed by atoms with van der Waals surface area (Å²) >= 11 is 6.80. The first kappa shape index (κ1) is 13.5. The molecular weight excluding hydrogens is 362 g/mol. The van der Waals surface area contributed by atoms with E-state index >= 15 is 0 Å². The van der Waals surface area contributed by atoms with Gasteiger partial charge < -0.3 is 9.84 Å². The van der Waals surface area contributed by atoms with Crippen molar-refractivity contribution in [2.45, 2.75) is 13.0 Å². The van der Waals surface area contributed by atoms with Crippen LogP contribution in [0.3, 0.4) is 0 Å². The van der Waals surface area contributed by atoms with Crippen molar-refractivity contribution in [3.8, 4) is 11.6 Å². The Labute approximate surface area is 122 Å². The van der Waals surface area contributed by atoms with Crippen molar-refractivity contribution >= 4 is 31.9 Å². The van der Waals surface area contributed by atoms with E-state index in [1.165, 1.54) is 0 Å². The topological polar surface area (TPSA) is 42.4 Å². The number of nitrogens with zero attached hydrogens (tertiary/aromatic N) is 1. The Morgan fingerprint density at radius 2 is 2.00 bits per heavy atom. The zero-order chi connectivity index (χ0) is 13.1. The maximum atomic E-state index is 9.51. The summed E-state index contributed by atoms with van der Waals surface area (Å²) in [7, 11) is 0. The van der Waals surface area contributed by atoms with Crippen molar-refractivity contribution in [1.82, 2.24) is 4.98 Å². The van der Waals surface area contributed by atoms with Crippen molar-refractivity contribution in [1.29, 1.82) is 0 Å². The van der Waals surface area contributed by atoms with E-state index in [2.05, 4.69) is 36.8 Å². The molecule has 1 N–H and O–H groups in total. The third-order valence-corrected chi connectivity index (χ3v) is 3.46. The Bertz CT molecular complexity index is 558. The maximum absolute atomic E-state index is 9.51. The van der Waals surface area contributed by atoms with Crippen molar-refractivity contribution < 1.29 is 9.84 Å². The molecule has 0 radical (unpaired) electrons. The Kier molecular flexibility index (Phi) is 4.37. The molecule has 0 spiro atoms. The minimum atomic E-state index is -0.538. The molecule has 5 heteroatoms. The first-order valence-corrected chi connectivity index (χ1v) is 6.92. The van der Waals surface area contributed by atoms with Crippen LogP contribution in [0.1, 0.15) is 18.6 Å². The Hall–Kier alpha value is -0.910. The lowest BCUT2D eigenvalue weighted by molar-refractivity contribution is 0.198. The fourth-order valence-corrected chi connectivity index (χ4v) is 2.54. The molecule has 0 bridgehead atoms. The molecule has 0 amide bonds. The lowest BCUT2D eigenvalue weighted by Crippen LogP contribution is -1.94. The number of ether oxygens (including phenoxy) is 1. The van der Waals surface area contributed by atoms with Crippen LogP contribution in [0.15, 0.2) is 45.5 Å². The van der Waals surface area contributed by atoms with Crippen LogP contribution >= 0.6 is 31.9 Å². The largest absolute Gasteiger partial charge is 0.438 e. The van der Waals surface area contributed by atoms with Gasteiger partial charge in [0.25, 0.3) is 0 Å². The minimum absolute atomic E-state index is 0.455. The smallest absolute Gasteiger partial charge is 0.219 e. The van der Waals surface area contributed by atoms with E-state index in [-0.39, 0.29) is 0 Å². The van der Waals surface area contributed by atoms with Crippen LogP contribution in [0.4, 0.5) is 0 Å². The van der Waals surface area contributed by atoms with E-state index in [0.717, 1.165) is 14.5 Å². The molecule has 18 heavy (non-hydrogen) atoms. The van der Waals surface area contributed by atoms with Crippen LogP contribution in [0.25, 0.3) is 0 Å². The molecule has 1 aromatic heterocycles. The molecule has 3 nitrogen and oxygen atoms in total. The number of hydrogen-bond acceptors (Lipinski definition) is 3. The molecule has 0 aliphatic carbocycles. The van der Waals surface area contributed by atoms with Crippen molar-refractivity contribution in [3.63, 3.8) is 0 Å². The van der Waals surface area contributed by atoms with Crippen LogP contribution in [0, 0.1) is 0 Å². The summed E-state index contributed by atoms with van der Waals surface area (Å²) in [4.78, 5) is 4.11. The molecule has 2 aromatic rings. The summed E-state index contributed by atoms with van der Waals surface area (Å²) in [5, 5.41) is 9.51. The van der Waals surface area contributed by atoms with E-state index in [1.807, 2.05) is 18.2 Å². The zero-order valence-electron chi connectivity index (χ0n) is 9.60. The van der Waals surface area contributed by atoms with Gasteiger partial charge in [0.05, 0.1) is 10.6 Å². The lowest BCUT2D eigenvalue weighted by atomic mass is 10.2. The number of aromatic nitrogens is 1. The van der Waals surface area contributed by atoms with Gasteiger partial charge in [-0.25, -0.2) is 4.98 Å². The second-order valence-corrected chi connectivity index (χ2v) is 5.55. The monoisotopic (exact) mass is 371 g/mol. The number of hydrogen-bond donors (Lipinski definition) is 1. The fourth-order valence-electron chi connectivity index (χ4n) is 1.41. The highest BCUT2D eigenvalue weighted by molar-refractivity contribution is 9.11. The van der Waals surface area contributed by atoms with E-state index in [0.29, 0.717) is 11.6 Å². The molecule has 0 saturated carbocycles. The summed E-state index contributed by atoms with van der Waals surface area (Å²) in [6.07, 6.45) is 1.08. The predicted molar refractivity (Wildman–Crippen MR) is 76.8 cm³/mol. The van der Waals surface area contributed by atoms with Crippen molar-refractivity contribution in [2.24, 2.45) is 0 Å². The summed E-state index contributed by atoms with van der Waals surface area (Å²) < 4.78 is 7.46. The number of pyridine rings is 1. The fraction of sp³-hybridized carbons (Fsp3) is 0.154. The predicted octanol–water partition coefficient (Wildman–Crippen LogP) is 4.45. The molecule has 0 fully saturated rings. The second kappa shape index (κ2) is 5.82. The van der Waals surface area contributed by atoms with Crippen LogP contribution in [0.5, 0.6) is 11.6 Å². The minimum Gasteiger partial charge on any atom is -0.438 e. The quantitative estimate of drug-likeness (QED) is 0.865. The summed E-state index contributed by atoms with van der Waals surface area (Å²) in [6, 6.07) is 9.10. The molecule has 0 aliphatic heterocycles. The van der Waals surface area contributed by atoms with Gasteiger partial charge in [-0.15, -0.1) is 0 Å². The second-order valence-electron chi connectivity index (χ2n) is 3.78.